The van der Waals surface area contributed by atoms with Crippen molar-refractivity contribution in [1.29, 1.82) is 0 Å². The van der Waals surface area contributed by atoms with E-state index in [4.69, 9.17) is 20.3 Å². The predicted octanol–water partition coefficient (Wildman–Crippen LogP) is 1.11. The molecule has 1 aliphatic rings. The third-order valence-corrected chi connectivity index (χ3v) is 2.60. The van der Waals surface area contributed by atoms with Crippen LogP contribution in [-0.4, -0.2) is 18.5 Å². The van der Waals surface area contributed by atoms with Gasteiger partial charge in [0.1, 0.15) is 0 Å². The van der Waals surface area contributed by atoms with Gasteiger partial charge in [0.15, 0.2) is 11.5 Å². The van der Waals surface area contributed by atoms with Crippen LogP contribution in [0.25, 0.3) is 0 Å². The summed E-state index contributed by atoms with van der Waals surface area (Å²) in [5.74, 6) is 1.51. The molecule has 4 heteroatoms. The van der Waals surface area contributed by atoms with E-state index in [0.29, 0.717) is 6.42 Å². The van der Waals surface area contributed by atoms with Crippen LogP contribution in [0, 0.1) is 6.92 Å². The number of hydrogen-bond acceptors (Lipinski definition) is 4. The highest BCUT2D eigenvalue weighted by atomic mass is 16.7. The Morgan fingerprint density at radius 1 is 1.40 bits per heavy atom. The van der Waals surface area contributed by atoms with Crippen LogP contribution in [-0.2, 0) is 0 Å². The van der Waals surface area contributed by atoms with Crippen molar-refractivity contribution in [1.82, 2.24) is 0 Å². The van der Waals surface area contributed by atoms with E-state index in [-0.39, 0.29) is 19.4 Å². The summed E-state index contributed by atoms with van der Waals surface area (Å²) in [6.45, 7) is 2.34. The number of fused-ring (bicyclic) bond motifs is 1. The van der Waals surface area contributed by atoms with Crippen LogP contribution in [0.4, 0.5) is 0 Å². The van der Waals surface area contributed by atoms with Crippen molar-refractivity contribution in [2.24, 2.45) is 5.73 Å². The second-order valence-corrected chi connectivity index (χ2v) is 3.68. The Balaban J connectivity index is 2.31. The molecule has 1 heterocycles. The molecule has 0 saturated heterocycles. The first-order chi connectivity index (χ1) is 7.22. The first-order valence-corrected chi connectivity index (χ1v) is 4.99. The van der Waals surface area contributed by atoms with E-state index in [9.17, 15) is 0 Å². The summed E-state index contributed by atoms with van der Waals surface area (Å²) in [5.41, 5.74) is 8.02. The topological polar surface area (TPSA) is 64.7 Å². The molecule has 0 saturated carbocycles. The highest BCUT2D eigenvalue weighted by Crippen LogP contribution is 2.36. The molecule has 0 aliphatic carbocycles. The molecule has 0 amide bonds. The minimum atomic E-state index is -0.149. The Morgan fingerprint density at radius 2 is 2.07 bits per heavy atom. The molecule has 1 atom stereocenters. The molecular weight excluding hydrogens is 194 g/mol. The molecule has 0 fully saturated rings. The summed E-state index contributed by atoms with van der Waals surface area (Å²) in [4.78, 5) is 0. The number of aliphatic hydroxyl groups is 1. The molecule has 1 aromatic rings. The van der Waals surface area contributed by atoms with Crippen molar-refractivity contribution in [3.63, 3.8) is 0 Å². The van der Waals surface area contributed by atoms with Crippen molar-refractivity contribution in [3.8, 4) is 11.5 Å². The molecule has 15 heavy (non-hydrogen) atoms. The average Bonchev–Trinajstić information content (AvgIpc) is 2.63. The molecule has 0 bridgehead atoms. The van der Waals surface area contributed by atoms with E-state index < -0.39 is 0 Å². The van der Waals surface area contributed by atoms with Crippen molar-refractivity contribution in [3.05, 3.63) is 23.3 Å². The second kappa shape index (κ2) is 4.08. The monoisotopic (exact) mass is 209 g/mol. The van der Waals surface area contributed by atoms with Crippen molar-refractivity contribution < 1.29 is 14.6 Å². The average molecular weight is 209 g/mol. The lowest BCUT2D eigenvalue weighted by atomic mass is 9.99. The van der Waals surface area contributed by atoms with Crippen molar-refractivity contribution in [2.45, 2.75) is 19.4 Å². The van der Waals surface area contributed by atoms with Gasteiger partial charge in [0.2, 0.25) is 6.79 Å². The fourth-order valence-corrected chi connectivity index (χ4v) is 1.75. The van der Waals surface area contributed by atoms with Gasteiger partial charge in [-0.1, -0.05) is 0 Å². The third-order valence-electron chi connectivity index (χ3n) is 2.60. The zero-order valence-electron chi connectivity index (χ0n) is 8.69. The minimum absolute atomic E-state index is 0.0923. The number of ether oxygens (including phenoxy) is 2. The van der Waals surface area contributed by atoms with Crippen molar-refractivity contribution in [2.75, 3.05) is 13.4 Å². The SMILES string of the molecule is Cc1cc2c(cc1C(N)CCO)OCO2. The maximum atomic E-state index is 8.85. The minimum Gasteiger partial charge on any atom is -0.454 e. The Bertz CT molecular complexity index is 365. The number of hydrogen-bond donors (Lipinski definition) is 2. The van der Waals surface area contributed by atoms with Gasteiger partial charge in [-0.15, -0.1) is 0 Å². The molecule has 1 aromatic carbocycles. The molecule has 3 N–H and O–H groups in total. The first-order valence-electron chi connectivity index (χ1n) is 4.99. The summed E-state index contributed by atoms with van der Waals surface area (Å²) < 4.78 is 10.5. The van der Waals surface area contributed by atoms with E-state index in [1.165, 1.54) is 0 Å². The molecular formula is C11H15NO3. The van der Waals surface area contributed by atoms with Gasteiger partial charge in [0, 0.05) is 12.6 Å². The highest BCUT2D eigenvalue weighted by Gasteiger charge is 2.18. The van der Waals surface area contributed by atoms with E-state index >= 15 is 0 Å². The largest absolute Gasteiger partial charge is 0.454 e. The lowest BCUT2D eigenvalue weighted by molar-refractivity contribution is 0.174. The zero-order chi connectivity index (χ0) is 10.8. The summed E-state index contributed by atoms with van der Waals surface area (Å²) in [7, 11) is 0. The molecule has 0 spiro atoms. The van der Waals surface area contributed by atoms with Gasteiger partial charge >= 0.3 is 0 Å². The molecule has 82 valence electrons. The fourth-order valence-electron chi connectivity index (χ4n) is 1.75. The predicted molar refractivity (Wildman–Crippen MR) is 55.9 cm³/mol. The van der Waals surface area contributed by atoms with Crippen LogP contribution in [0.15, 0.2) is 12.1 Å². The van der Waals surface area contributed by atoms with Gasteiger partial charge in [-0.2, -0.15) is 0 Å². The third kappa shape index (κ3) is 1.91. The van der Waals surface area contributed by atoms with Crippen molar-refractivity contribution >= 4 is 0 Å². The molecule has 4 nitrogen and oxygen atoms in total. The maximum Gasteiger partial charge on any atom is 0.231 e. The van der Waals surface area contributed by atoms with Gasteiger partial charge < -0.3 is 20.3 Å². The van der Waals surface area contributed by atoms with Gasteiger partial charge in [-0.05, 0) is 36.6 Å². The summed E-state index contributed by atoms with van der Waals surface area (Å²) in [6, 6.07) is 3.68. The van der Waals surface area contributed by atoms with Gasteiger partial charge in [0.25, 0.3) is 0 Å². The fraction of sp³-hybridized carbons (Fsp3) is 0.455. The van der Waals surface area contributed by atoms with E-state index in [1.807, 2.05) is 19.1 Å². The quantitative estimate of drug-likeness (QED) is 0.782. The second-order valence-electron chi connectivity index (χ2n) is 3.68. The normalized spacial score (nSPS) is 15.4. The van der Waals surface area contributed by atoms with Crippen LogP contribution >= 0.6 is 0 Å². The van der Waals surface area contributed by atoms with E-state index in [2.05, 4.69) is 0 Å². The molecule has 0 aromatic heterocycles. The van der Waals surface area contributed by atoms with Crippen LogP contribution in [0.3, 0.4) is 0 Å². The number of nitrogens with two attached hydrogens (primary N) is 1. The maximum absolute atomic E-state index is 8.85. The van der Waals surface area contributed by atoms with Gasteiger partial charge in [0.05, 0.1) is 0 Å². The van der Waals surface area contributed by atoms with E-state index in [1.54, 1.807) is 0 Å². The standard InChI is InChI=1S/C11H15NO3/c1-7-4-10-11(15-6-14-10)5-8(7)9(12)2-3-13/h4-5,9,13H,2-3,6,12H2,1H3. The Kier molecular flexibility index (Phi) is 2.79. The molecule has 1 unspecified atom stereocenters. The number of aliphatic hydroxyl groups excluding tert-OH is 1. The summed E-state index contributed by atoms with van der Waals surface area (Å²) >= 11 is 0. The van der Waals surface area contributed by atoms with Crippen LogP contribution in [0.5, 0.6) is 11.5 Å². The Morgan fingerprint density at radius 3 is 2.73 bits per heavy atom. The molecule has 1 aliphatic heterocycles. The van der Waals surface area contributed by atoms with Crippen LogP contribution < -0.4 is 15.2 Å². The summed E-state index contributed by atoms with van der Waals surface area (Å²) in [5, 5.41) is 8.85. The number of aryl methyl sites for hydroxylation is 1. The Labute approximate surface area is 88.6 Å². The molecule has 2 rings (SSSR count). The lowest BCUT2D eigenvalue weighted by Gasteiger charge is -2.14. The number of benzene rings is 1. The number of rotatable bonds is 3. The summed E-state index contributed by atoms with van der Waals surface area (Å²) in [6.07, 6.45) is 0.556. The lowest BCUT2D eigenvalue weighted by Crippen LogP contribution is -2.13. The zero-order valence-corrected chi connectivity index (χ0v) is 8.69. The smallest absolute Gasteiger partial charge is 0.231 e. The Hall–Kier alpha value is -1.26. The highest BCUT2D eigenvalue weighted by molar-refractivity contribution is 5.49. The van der Waals surface area contributed by atoms with Gasteiger partial charge in [-0.3, -0.25) is 0 Å². The van der Waals surface area contributed by atoms with Gasteiger partial charge in [-0.25, -0.2) is 0 Å². The van der Waals surface area contributed by atoms with Crippen LogP contribution in [0.2, 0.25) is 0 Å². The van der Waals surface area contributed by atoms with E-state index in [0.717, 1.165) is 22.6 Å². The van der Waals surface area contributed by atoms with Crippen LogP contribution in [0.1, 0.15) is 23.6 Å². The first kappa shape index (κ1) is 10.3. The molecule has 0 radical (unpaired) electrons.